The Morgan fingerprint density at radius 1 is 1.15 bits per heavy atom. The third-order valence-corrected chi connectivity index (χ3v) is 7.53. The molecule has 0 radical (unpaired) electrons. The Labute approximate surface area is 209 Å². The topological polar surface area (TPSA) is 49.9 Å². The summed E-state index contributed by atoms with van der Waals surface area (Å²) >= 11 is 7.99. The van der Waals surface area contributed by atoms with E-state index in [0.717, 1.165) is 23.3 Å². The number of para-hydroxylation sites is 1. The number of rotatable bonds is 7. The zero-order valence-corrected chi connectivity index (χ0v) is 21.2. The Kier molecular flexibility index (Phi) is 7.59. The van der Waals surface area contributed by atoms with Gasteiger partial charge in [-0.15, -0.1) is 11.3 Å². The first kappa shape index (κ1) is 24.3. The van der Waals surface area contributed by atoms with Gasteiger partial charge in [0.1, 0.15) is 18.9 Å². The zero-order chi connectivity index (χ0) is 24.2. The number of hydrogen-bond acceptors (Lipinski definition) is 4. The average molecular weight is 497 g/mol. The number of thiophene rings is 1. The summed E-state index contributed by atoms with van der Waals surface area (Å²) in [5, 5.41) is 2.46. The molecule has 1 aliphatic heterocycles. The summed E-state index contributed by atoms with van der Waals surface area (Å²) < 4.78 is 6.18. The minimum Gasteiger partial charge on any atom is -0.491 e. The van der Waals surface area contributed by atoms with Gasteiger partial charge in [-0.3, -0.25) is 9.59 Å². The fourth-order valence-electron chi connectivity index (χ4n) is 4.28. The molecule has 0 saturated carbocycles. The second-order valence-corrected chi connectivity index (χ2v) is 10.1. The molecule has 178 valence electrons. The number of nitrogens with zero attached hydrogens (tertiary/aromatic N) is 2. The number of carbonyl (C=O) groups excluding carboxylic acids is 2. The van der Waals surface area contributed by atoms with Gasteiger partial charge in [0.2, 0.25) is 5.91 Å². The minimum absolute atomic E-state index is 0.0118. The van der Waals surface area contributed by atoms with E-state index in [-0.39, 0.29) is 30.4 Å². The van der Waals surface area contributed by atoms with Gasteiger partial charge in [-0.05, 0) is 68.0 Å². The van der Waals surface area contributed by atoms with E-state index in [1.807, 2.05) is 49.9 Å². The van der Waals surface area contributed by atoms with Crippen molar-refractivity contribution >= 4 is 34.8 Å². The molecule has 0 bridgehead atoms. The predicted octanol–water partition coefficient (Wildman–Crippen LogP) is 5.77. The Morgan fingerprint density at radius 2 is 1.88 bits per heavy atom. The van der Waals surface area contributed by atoms with Gasteiger partial charge in [-0.2, -0.15) is 0 Å². The van der Waals surface area contributed by atoms with Crippen molar-refractivity contribution in [2.24, 2.45) is 0 Å². The van der Waals surface area contributed by atoms with Crippen molar-refractivity contribution < 1.29 is 14.3 Å². The molecule has 7 heteroatoms. The predicted molar refractivity (Wildman–Crippen MR) is 137 cm³/mol. The molecule has 0 spiro atoms. The Balaban J connectivity index is 1.55. The summed E-state index contributed by atoms with van der Waals surface area (Å²) in [6.07, 6.45) is 0.805. The van der Waals surface area contributed by atoms with Crippen LogP contribution in [0.1, 0.15) is 46.3 Å². The lowest BCUT2D eigenvalue weighted by Gasteiger charge is -2.38. The first-order valence-corrected chi connectivity index (χ1v) is 12.7. The van der Waals surface area contributed by atoms with Crippen molar-refractivity contribution in [2.75, 3.05) is 19.7 Å². The summed E-state index contributed by atoms with van der Waals surface area (Å²) in [7, 11) is 0. The molecule has 0 N–H and O–H groups in total. The lowest BCUT2D eigenvalue weighted by Crippen LogP contribution is -2.49. The molecular formula is C27H29ClN2O3S. The van der Waals surface area contributed by atoms with Crippen LogP contribution in [0.4, 0.5) is 0 Å². The number of ether oxygens (including phenoxy) is 1. The third-order valence-electron chi connectivity index (χ3n) is 6.20. The number of halogens is 1. The number of fused-ring (bicyclic) bond motifs is 1. The first-order chi connectivity index (χ1) is 16.4. The molecule has 3 aromatic rings. The smallest absolute Gasteiger partial charge is 0.256 e. The van der Waals surface area contributed by atoms with Gasteiger partial charge in [0, 0.05) is 17.5 Å². The van der Waals surface area contributed by atoms with Crippen molar-refractivity contribution in [1.29, 1.82) is 0 Å². The van der Waals surface area contributed by atoms with E-state index in [4.69, 9.17) is 16.3 Å². The van der Waals surface area contributed by atoms with Crippen LogP contribution in [0.25, 0.3) is 0 Å². The van der Waals surface area contributed by atoms with Gasteiger partial charge in [0.15, 0.2) is 0 Å². The number of hydrogen-bond donors (Lipinski definition) is 0. The molecule has 2 aromatic carbocycles. The molecule has 1 unspecified atom stereocenters. The fraction of sp³-hybridized carbons (Fsp3) is 0.333. The highest BCUT2D eigenvalue weighted by atomic mass is 35.5. The van der Waals surface area contributed by atoms with E-state index < -0.39 is 0 Å². The van der Waals surface area contributed by atoms with Crippen molar-refractivity contribution in [1.82, 2.24) is 9.80 Å². The molecule has 2 amide bonds. The Bertz CT molecular complexity index is 1180. The van der Waals surface area contributed by atoms with E-state index >= 15 is 0 Å². The van der Waals surface area contributed by atoms with Crippen LogP contribution in [-0.4, -0.2) is 47.4 Å². The number of aryl methyl sites for hydroxylation is 1. The summed E-state index contributed by atoms with van der Waals surface area (Å²) in [4.78, 5) is 31.6. The summed E-state index contributed by atoms with van der Waals surface area (Å²) in [5.74, 6) is 0.481. The number of benzene rings is 2. The second kappa shape index (κ2) is 10.6. The molecule has 0 fully saturated rings. The first-order valence-electron chi connectivity index (χ1n) is 11.5. The molecule has 5 nitrogen and oxygen atoms in total. The van der Waals surface area contributed by atoms with E-state index in [1.54, 1.807) is 40.5 Å². The highest BCUT2D eigenvalue weighted by Crippen LogP contribution is 2.34. The van der Waals surface area contributed by atoms with Gasteiger partial charge in [0.05, 0.1) is 16.6 Å². The maximum atomic E-state index is 13.6. The van der Waals surface area contributed by atoms with Crippen LogP contribution in [0, 0.1) is 6.92 Å². The van der Waals surface area contributed by atoms with Crippen molar-refractivity contribution in [3.8, 4) is 5.75 Å². The van der Waals surface area contributed by atoms with Crippen molar-refractivity contribution in [3.05, 3.63) is 86.6 Å². The SMILES string of the molecule is Cc1ccccc1OCC1c2ccsc2CCN1C(=O)CN(C(=O)c1ccccc1Cl)C(C)C. The van der Waals surface area contributed by atoms with Crippen molar-refractivity contribution in [3.63, 3.8) is 0 Å². The van der Waals surface area contributed by atoms with Crippen LogP contribution in [0.3, 0.4) is 0 Å². The molecule has 1 atom stereocenters. The highest BCUT2D eigenvalue weighted by molar-refractivity contribution is 7.10. The van der Waals surface area contributed by atoms with E-state index in [1.165, 1.54) is 4.88 Å². The summed E-state index contributed by atoms with van der Waals surface area (Å²) in [5.41, 5.74) is 2.59. The van der Waals surface area contributed by atoms with Gasteiger partial charge >= 0.3 is 0 Å². The molecular weight excluding hydrogens is 468 g/mol. The zero-order valence-electron chi connectivity index (χ0n) is 19.7. The van der Waals surface area contributed by atoms with Crippen LogP contribution in [0.5, 0.6) is 5.75 Å². The Morgan fingerprint density at radius 3 is 2.62 bits per heavy atom. The molecule has 0 saturated heterocycles. The largest absolute Gasteiger partial charge is 0.491 e. The molecule has 4 rings (SSSR count). The normalized spacial score (nSPS) is 15.2. The van der Waals surface area contributed by atoms with E-state index in [2.05, 4.69) is 11.4 Å². The molecule has 2 heterocycles. The summed E-state index contributed by atoms with van der Waals surface area (Å²) in [6, 6.07) is 16.6. The number of amides is 2. The molecule has 1 aliphatic rings. The molecule has 0 aliphatic carbocycles. The van der Waals surface area contributed by atoms with E-state index in [0.29, 0.717) is 23.7 Å². The van der Waals surface area contributed by atoms with Crippen LogP contribution in [-0.2, 0) is 11.2 Å². The fourth-order valence-corrected chi connectivity index (χ4v) is 5.42. The standard InChI is InChI=1S/C27H29ClN2O3S/c1-18(2)30(27(32)20-9-5-6-10-22(20)28)16-26(31)29-14-12-25-21(13-15-34-25)23(29)17-33-24-11-7-4-8-19(24)3/h4-11,13,15,18,23H,12,14,16-17H2,1-3H3. The minimum atomic E-state index is -0.241. The number of carbonyl (C=O) groups is 2. The summed E-state index contributed by atoms with van der Waals surface area (Å²) in [6.45, 7) is 6.78. The van der Waals surface area contributed by atoms with Crippen molar-refractivity contribution in [2.45, 2.75) is 39.3 Å². The molecule has 1 aromatic heterocycles. The lowest BCUT2D eigenvalue weighted by molar-refractivity contribution is -0.136. The molecule has 34 heavy (non-hydrogen) atoms. The van der Waals surface area contributed by atoms with Gasteiger partial charge in [-0.25, -0.2) is 0 Å². The van der Waals surface area contributed by atoms with Crippen LogP contribution in [0.15, 0.2) is 60.0 Å². The van der Waals surface area contributed by atoms with Gasteiger partial charge in [0.25, 0.3) is 5.91 Å². The monoisotopic (exact) mass is 496 g/mol. The van der Waals surface area contributed by atoms with Gasteiger partial charge in [-0.1, -0.05) is 41.9 Å². The van der Waals surface area contributed by atoms with Gasteiger partial charge < -0.3 is 14.5 Å². The maximum absolute atomic E-state index is 13.6. The second-order valence-electron chi connectivity index (χ2n) is 8.74. The average Bonchev–Trinajstić information content (AvgIpc) is 3.30. The van der Waals surface area contributed by atoms with Crippen LogP contribution < -0.4 is 4.74 Å². The van der Waals surface area contributed by atoms with Crippen LogP contribution in [0.2, 0.25) is 5.02 Å². The maximum Gasteiger partial charge on any atom is 0.256 e. The quantitative estimate of drug-likeness (QED) is 0.417. The Hall–Kier alpha value is -2.83. The third kappa shape index (κ3) is 5.13. The van der Waals surface area contributed by atoms with E-state index in [9.17, 15) is 9.59 Å². The lowest BCUT2D eigenvalue weighted by atomic mass is 10.00. The highest BCUT2D eigenvalue weighted by Gasteiger charge is 2.34. The van der Waals surface area contributed by atoms with Crippen LogP contribution >= 0.6 is 22.9 Å².